The molecule has 0 saturated carbocycles. The molecule has 0 fully saturated rings. The van der Waals surface area contributed by atoms with E-state index in [0.29, 0.717) is 18.9 Å². The van der Waals surface area contributed by atoms with Gasteiger partial charge in [-0.1, -0.05) is 38.1 Å². The van der Waals surface area contributed by atoms with Crippen molar-refractivity contribution >= 4 is 16.8 Å². The van der Waals surface area contributed by atoms with Crippen molar-refractivity contribution in [1.29, 1.82) is 0 Å². The van der Waals surface area contributed by atoms with Crippen molar-refractivity contribution in [2.75, 3.05) is 0 Å². The van der Waals surface area contributed by atoms with E-state index in [9.17, 15) is 4.79 Å². The van der Waals surface area contributed by atoms with E-state index >= 15 is 0 Å². The average molecular weight is 322 g/mol. The molecule has 0 unspecified atom stereocenters. The molecule has 24 heavy (non-hydrogen) atoms. The van der Waals surface area contributed by atoms with Gasteiger partial charge < -0.3 is 5.32 Å². The minimum absolute atomic E-state index is 0.000352. The highest BCUT2D eigenvalue weighted by Crippen LogP contribution is 2.15. The fraction of sp³-hybridized carbons (Fsp3) is 0.316. The van der Waals surface area contributed by atoms with Crippen LogP contribution in [0.5, 0.6) is 0 Å². The summed E-state index contributed by atoms with van der Waals surface area (Å²) in [7, 11) is 1.88. The number of carbonyl (C=O) groups is 1. The SMILES string of the molecule is CC(C)c1ccc(CC(=O)NCc2cc3cnn(C)c3cn2)cc1. The number of nitrogens with one attached hydrogen (secondary N) is 1. The molecule has 1 aromatic carbocycles. The maximum absolute atomic E-state index is 12.1. The van der Waals surface area contributed by atoms with Crippen molar-refractivity contribution in [2.24, 2.45) is 7.05 Å². The summed E-state index contributed by atoms with van der Waals surface area (Å²) in [4.78, 5) is 16.5. The predicted molar refractivity (Wildman–Crippen MR) is 94.6 cm³/mol. The lowest BCUT2D eigenvalue weighted by molar-refractivity contribution is -0.120. The van der Waals surface area contributed by atoms with E-state index in [4.69, 9.17) is 0 Å². The minimum atomic E-state index is 0.000352. The fourth-order valence-corrected chi connectivity index (χ4v) is 2.65. The summed E-state index contributed by atoms with van der Waals surface area (Å²) < 4.78 is 1.78. The molecule has 0 saturated heterocycles. The number of fused-ring (bicyclic) bond motifs is 1. The topological polar surface area (TPSA) is 59.8 Å². The smallest absolute Gasteiger partial charge is 0.224 e. The second kappa shape index (κ2) is 6.83. The monoisotopic (exact) mass is 322 g/mol. The van der Waals surface area contributed by atoms with E-state index in [1.165, 1.54) is 5.56 Å². The molecular formula is C19H22N4O. The second-order valence-corrected chi connectivity index (χ2v) is 6.35. The van der Waals surface area contributed by atoms with Crippen molar-refractivity contribution in [3.63, 3.8) is 0 Å². The maximum atomic E-state index is 12.1. The molecule has 2 aromatic heterocycles. The Bertz CT molecular complexity index is 849. The first kappa shape index (κ1) is 16.2. The molecule has 2 heterocycles. The first-order valence-electron chi connectivity index (χ1n) is 8.15. The zero-order valence-electron chi connectivity index (χ0n) is 14.3. The molecule has 1 N–H and O–H groups in total. The summed E-state index contributed by atoms with van der Waals surface area (Å²) in [6, 6.07) is 10.2. The van der Waals surface area contributed by atoms with Crippen LogP contribution in [0.3, 0.4) is 0 Å². The number of amides is 1. The van der Waals surface area contributed by atoms with E-state index in [2.05, 4.69) is 41.4 Å². The van der Waals surface area contributed by atoms with E-state index in [0.717, 1.165) is 22.2 Å². The highest BCUT2D eigenvalue weighted by Gasteiger charge is 2.07. The zero-order valence-corrected chi connectivity index (χ0v) is 14.3. The van der Waals surface area contributed by atoms with Gasteiger partial charge in [0.05, 0.1) is 36.6 Å². The van der Waals surface area contributed by atoms with Crippen LogP contribution < -0.4 is 5.32 Å². The molecule has 1 amide bonds. The Hall–Kier alpha value is -2.69. The van der Waals surface area contributed by atoms with Gasteiger partial charge in [-0.05, 0) is 23.1 Å². The number of pyridine rings is 1. The third-order valence-electron chi connectivity index (χ3n) is 4.17. The fourth-order valence-electron chi connectivity index (χ4n) is 2.65. The van der Waals surface area contributed by atoms with Gasteiger partial charge in [0.1, 0.15) is 0 Å². The molecule has 0 atom stereocenters. The number of benzene rings is 1. The van der Waals surface area contributed by atoms with Gasteiger partial charge >= 0.3 is 0 Å². The van der Waals surface area contributed by atoms with E-state index in [1.807, 2.05) is 25.2 Å². The second-order valence-electron chi connectivity index (χ2n) is 6.35. The summed E-state index contributed by atoms with van der Waals surface area (Å²) in [5.41, 5.74) is 4.12. The van der Waals surface area contributed by atoms with Crippen LogP contribution in [0.4, 0.5) is 0 Å². The Kier molecular flexibility index (Phi) is 4.60. The van der Waals surface area contributed by atoms with Crippen LogP contribution in [0.25, 0.3) is 10.9 Å². The molecule has 3 aromatic rings. The van der Waals surface area contributed by atoms with Crippen molar-refractivity contribution < 1.29 is 4.79 Å². The molecule has 0 radical (unpaired) electrons. The van der Waals surface area contributed by atoms with Gasteiger partial charge in [-0.25, -0.2) is 0 Å². The molecule has 124 valence electrons. The quantitative estimate of drug-likeness (QED) is 0.785. The predicted octanol–water partition coefficient (Wildman–Crippen LogP) is 2.95. The van der Waals surface area contributed by atoms with Gasteiger partial charge in [0, 0.05) is 12.4 Å². The standard InChI is InChI=1S/C19H22N4O/c1-13(2)15-6-4-14(5-7-15)8-19(24)21-11-17-9-16-10-22-23(3)18(16)12-20-17/h4-7,9-10,12-13H,8,11H2,1-3H3,(H,21,24). The van der Waals surface area contributed by atoms with E-state index < -0.39 is 0 Å². The van der Waals surface area contributed by atoms with Crippen molar-refractivity contribution in [3.8, 4) is 0 Å². The van der Waals surface area contributed by atoms with Gasteiger partial charge in [-0.3, -0.25) is 14.5 Å². The lowest BCUT2D eigenvalue weighted by Crippen LogP contribution is -2.25. The normalized spacial score (nSPS) is 11.2. The Labute approximate surface area is 141 Å². The van der Waals surface area contributed by atoms with Gasteiger partial charge in [0.25, 0.3) is 0 Å². The Morgan fingerprint density at radius 1 is 1.21 bits per heavy atom. The van der Waals surface area contributed by atoms with Crippen LogP contribution in [0.1, 0.15) is 36.6 Å². The number of hydrogen-bond donors (Lipinski definition) is 1. The summed E-state index contributed by atoms with van der Waals surface area (Å²) in [6.07, 6.45) is 3.97. The number of aromatic nitrogens is 3. The molecule has 0 aliphatic heterocycles. The molecule has 0 spiro atoms. The van der Waals surface area contributed by atoms with Crippen molar-refractivity contribution in [3.05, 3.63) is 59.5 Å². The number of hydrogen-bond acceptors (Lipinski definition) is 3. The molecule has 3 rings (SSSR count). The van der Waals surface area contributed by atoms with Gasteiger partial charge in [0.2, 0.25) is 5.91 Å². The highest BCUT2D eigenvalue weighted by atomic mass is 16.1. The number of rotatable bonds is 5. The average Bonchev–Trinajstić information content (AvgIpc) is 2.94. The first-order chi connectivity index (χ1) is 11.5. The third-order valence-corrected chi connectivity index (χ3v) is 4.17. The molecule has 0 bridgehead atoms. The van der Waals surface area contributed by atoms with Gasteiger partial charge in [-0.2, -0.15) is 5.10 Å². The maximum Gasteiger partial charge on any atom is 0.224 e. The lowest BCUT2D eigenvalue weighted by Gasteiger charge is -2.08. The molecule has 0 aliphatic rings. The minimum Gasteiger partial charge on any atom is -0.350 e. The Morgan fingerprint density at radius 3 is 2.67 bits per heavy atom. The zero-order chi connectivity index (χ0) is 17.1. The highest BCUT2D eigenvalue weighted by molar-refractivity contribution is 5.79. The number of aryl methyl sites for hydroxylation is 1. The molecule has 0 aliphatic carbocycles. The lowest BCUT2D eigenvalue weighted by atomic mass is 10.0. The molecular weight excluding hydrogens is 300 g/mol. The van der Waals surface area contributed by atoms with Crippen molar-refractivity contribution in [1.82, 2.24) is 20.1 Å². The number of nitrogens with zero attached hydrogens (tertiary/aromatic N) is 3. The van der Waals surface area contributed by atoms with Gasteiger partial charge in [0.15, 0.2) is 0 Å². The van der Waals surface area contributed by atoms with Crippen LogP contribution in [-0.2, 0) is 24.8 Å². The van der Waals surface area contributed by atoms with Crippen LogP contribution in [-0.4, -0.2) is 20.7 Å². The molecule has 5 nitrogen and oxygen atoms in total. The Balaban J connectivity index is 1.58. The summed E-state index contributed by atoms with van der Waals surface area (Å²) in [5, 5.41) is 8.15. The van der Waals surface area contributed by atoms with Crippen LogP contribution >= 0.6 is 0 Å². The van der Waals surface area contributed by atoms with Gasteiger partial charge in [-0.15, -0.1) is 0 Å². The van der Waals surface area contributed by atoms with E-state index in [1.54, 1.807) is 17.1 Å². The van der Waals surface area contributed by atoms with Crippen LogP contribution in [0, 0.1) is 0 Å². The Morgan fingerprint density at radius 2 is 1.96 bits per heavy atom. The summed E-state index contributed by atoms with van der Waals surface area (Å²) >= 11 is 0. The summed E-state index contributed by atoms with van der Waals surface area (Å²) in [6.45, 7) is 4.75. The first-order valence-corrected chi connectivity index (χ1v) is 8.15. The van der Waals surface area contributed by atoms with Crippen LogP contribution in [0.15, 0.2) is 42.7 Å². The number of carbonyl (C=O) groups excluding carboxylic acids is 1. The van der Waals surface area contributed by atoms with Crippen LogP contribution in [0.2, 0.25) is 0 Å². The van der Waals surface area contributed by atoms with Crippen molar-refractivity contribution in [2.45, 2.75) is 32.7 Å². The van der Waals surface area contributed by atoms with E-state index in [-0.39, 0.29) is 5.91 Å². The summed E-state index contributed by atoms with van der Waals surface area (Å²) in [5.74, 6) is 0.502. The third kappa shape index (κ3) is 3.62. The molecule has 5 heteroatoms. The largest absolute Gasteiger partial charge is 0.350 e.